The van der Waals surface area contributed by atoms with Crippen LogP contribution in [0.5, 0.6) is 0 Å². The molecule has 0 atom stereocenters. The second-order valence-corrected chi connectivity index (χ2v) is 1.76. The fourth-order valence-corrected chi connectivity index (χ4v) is 0. The molecule has 0 aromatic heterocycles. The van der Waals surface area contributed by atoms with Crippen LogP contribution in [0.3, 0.4) is 0 Å². The van der Waals surface area contributed by atoms with Crippen molar-refractivity contribution in [3.63, 3.8) is 0 Å². The Morgan fingerprint density at radius 3 is 0.875 bits per heavy atom. The molecule has 0 saturated carbocycles. The number of hydrogen-bond acceptors (Lipinski definition) is 0. The Labute approximate surface area is 49.2 Å². The molecule has 0 N–H and O–H groups in total. The van der Waals surface area contributed by atoms with Gasteiger partial charge in [-0.1, -0.05) is 0 Å². The molecule has 0 aliphatic rings. The molecule has 0 aromatic rings. The van der Waals surface area contributed by atoms with Gasteiger partial charge in [0.2, 0.25) is 0 Å². The molecule has 0 amide bonds. The standard InChI is InChI=1S/F3Ge.F3Si/c2*1-4(2)3. The molecule has 0 aliphatic carbocycles. The third-order valence-corrected chi connectivity index (χ3v) is 0. The average molecular weight is 215 g/mol. The van der Waals surface area contributed by atoms with Crippen molar-refractivity contribution in [2.24, 2.45) is 0 Å². The van der Waals surface area contributed by atoms with Crippen molar-refractivity contribution in [3.8, 4) is 0 Å². The molecule has 0 fully saturated rings. The van der Waals surface area contributed by atoms with Crippen molar-refractivity contribution in [3.05, 3.63) is 0 Å². The normalized spacial score (nSPS) is 9.00. The first kappa shape index (κ1) is 11.2. The number of rotatable bonds is 0. The van der Waals surface area contributed by atoms with Crippen molar-refractivity contribution in [2.75, 3.05) is 0 Å². The Kier molecular flexibility index (Phi) is 10.3. The number of halogens is 6. The Balaban J connectivity index is 0. The zero-order valence-electron chi connectivity index (χ0n) is 3.27. The molecule has 0 nitrogen and oxygen atoms in total. The van der Waals surface area contributed by atoms with Crippen LogP contribution in [0.25, 0.3) is 0 Å². The van der Waals surface area contributed by atoms with Crippen molar-refractivity contribution >= 4 is 25.5 Å². The van der Waals surface area contributed by atoms with Gasteiger partial charge in [0.1, 0.15) is 0 Å². The first-order valence-electron chi connectivity index (χ1n) is 1.13. The molecule has 0 bridgehead atoms. The van der Waals surface area contributed by atoms with E-state index in [0.717, 1.165) is 0 Å². The van der Waals surface area contributed by atoms with Gasteiger partial charge in [-0.25, -0.2) is 12.3 Å². The molecular weight excluding hydrogens is 215 g/mol. The van der Waals surface area contributed by atoms with Gasteiger partial charge in [-0.15, -0.1) is 0 Å². The molecule has 8 heavy (non-hydrogen) atoms. The summed E-state index contributed by atoms with van der Waals surface area (Å²) in [6.07, 6.45) is 0. The summed E-state index contributed by atoms with van der Waals surface area (Å²) in [6.45, 7) is 0. The monoisotopic (exact) mass is 216 g/mol. The van der Waals surface area contributed by atoms with E-state index in [1.807, 2.05) is 0 Å². The Hall–Kier alpha value is 0.340. The van der Waals surface area contributed by atoms with Crippen molar-refractivity contribution in [2.45, 2.75) is 0 Å². The van der Waals surface area contributed by atoms with Crippen LogP contribution in [0.15, 0.2) is 0 Å². The molecule has 0 unspecified atom stereocenters. The zero-order valence-corrected chi connectivity index (χ0v) is 6.37. The summed E-state index contributed by atoms with van der Waals surface area (Å²) in [7, 11) is -4.38. The molecule has 0 rings (SSSR count). The molecular formula is F6GeSi. The van der Waals surface area contributed by atoms with Gasteiger partial charge in [0, 0.05) is 0 Å². The van der Waals surface area contributed by atoms with Gasteiger partial charge in [0.15, 0.2) is 0 Å². The summed E-state index contributed by atoms with van der Waals surface area (Å²) in [5, 5.41) is 0. The topological polar surface area (TPSA) is 0 Å². The first-order valence-corrected chi connectivity index (χ1v) is 4.65. The third-order valence-electron chi connectivity index (χ3n) is 0. The van der Waals surface area contributed by atoms with Crippen LogP contribution in [0.4, 0.5) is 22.8 Å². The maximum absolute atomic E-state index is 9.83. The van der Waals surface area contributed by atoms with Gasteiger partial charge >= 0.3 is 36.0 Å². The minimum absolute atomic E-state index is 4.38. The van der Waals surface area contributed by atoms with E-state index < -0.39 is 25.5 Å². The summed E-state index contributed by atoms with van der Waals surface area (Å²) >= 11 is -4.83. The van der Waals surface area contributed by atoms with E-state index in [1.165, 1.54) is 0 Å². The molecule has 8 heteroatoms. The molecule has 0 spiro atoms. The first-order chi connectivity index (χ1) is 3.46. The average Bonchev–Trinajstić information content (AvgIpc) is 1.25. The second kappa shape index (κ2) is 7.34. The van der Waals surface area contributed by atoms with Crippen LogP contribution in [0, 0.1) is 0 Å². The van der Waals surface area contributed by atoms with Crippen molar-refractivity contribution in [1.82, 2.24) is 0 Å². The van der Waals surface area contributed by atoms with Crippen LogP contribution < -0.4 is 0 Å². The Bertz CT molecular complexity index is 24.0. The summed E-state index contributed by atoms with van der Waals surface area (Å²) in [6, 6.07) is 0. The summed E-state index contributed by atoms with van der Waals surface area (Å²) in [5.41, 5.74) is 0. The predicted molar refractivity (Wildman–Crippen MR) is 18.2 cm³/mol. The SMILES string of the molecule is F[Si](F)F.[F][Ge]([F])[F]. The number of hydrogen-bond donors (Lipinski definition) is 0. The van der Waals surface area contributed by atoms with Crippen LogP contribution in [-0.2, 0) is 0 Å². The molecule has 2 radical (unpaired) electrons. The fourth-order valence-electron chi connectivity index (χ4n) is 0. The van der Waals surface area contributed by atoms with Gasteiger partial charge in [-0.3, -0.25) is 0 Å². The van der Waals surface area contributed by atoms with Crippen molar-refractivity contribution < 1.29 is 22.8 Å². The van der Waals surface area contributed by atoms with Crippen LogP contribution >= 0.6 is 0 Å². The van der Waals surface area contributed by atoms with Gasteiger partial charge < -0.3 is 0 Å². The minimum atomic E-state index is -4.83. The van der Waals surface area contributed by atoms with Gasteiger partial charge in [-0.2, -0.15) is 0 Å². The predicted octanol–water partition coefficient (Wildman–Crippen LogP) is 1.76. The summed E-state index contributed by atoms with van der Waals surface area (Å²) in [4.78, 5) is 0. The molecule has 50 valence electrons. The van der Waals surface area contributed by atoms with E-state index in [9.17, 15) is 22.8 Å². The third kappa shape index (κ3) is 1570. The van der Waals surface area contributed by atoms with Gasteiger partial charge in [-0.05, 0) is 0 Å². The molecule has 0 aliphatic heterocycles. The molecule has 0 aromatic carbocycles. The van der Waals surface area contributed by atoms with E-state index in [4.69, 9.17) is 0 Å². The van der Waals surface area contributed by atoms with E-state index in [2.05, 4.69) is 0 Å². The second-order valence-electron chi connectivity index (χ2n) is 0.429. The van der Waals surface area contributed by atoms with E-state index in [0.29, 0.717) is 0 Å². The van der Waals surface area contributed by atoms with Crippen LogP contribution in [-0.4, -0.2) is 25.5 Å². The van der Waals surface area contributed by atoms with E-state index in [-0.39, 0.29) is 0 Å². The Morgan fingerprint density at radius 2 is 0.875 bits per heavy atom. The quantitative estimate of drug-likeness (QED) is 0.328. The van der Waals surface area contributed by atoms with E-state index in [1.54, 1.807) is 0 Å². The zero-order chi connectivity index (χ0) is 7.15. The molecule has 0 heterocycles. The fraction of sp³-hybridized carbons (Fsp3) is 0. The van der Waals surface area contributed by atoms with Gasteiger partial charge in [0.25, 0.3) is 0 Å². The van der Waals surface area contributed by atoms with Crippen LogP contribution in [0.2, 0.25) is 0 Å². The summed E-state index contributed by atoms with van der Waals surface area (Å²) < 4.78 is 58.8. The van der Waals surface area contributed by atoms with Crippen LogP contribution in [0.1, 0.15) is 0 Å². The van der Waals surface area contributed by atoms with Gasteiger partial charge in [0.05, 0.1) is 0 Å². The molecule has 0 saturated heterocycles. The van der Waals surface area contributed by atoms with E-state index >= 15 is 0 Å². The Morgan fingerprint density at radius 1 is 0.875 bits per heavy atom. The summed E-state index contributed by atoms with van der Waals surface area (Å²) in [5.74, 6) is 0. The maximum atomic E-state index is 9.83. The van der Waals surface area contributed by atoms with Crippen molar-refractivity contribution in [1.29, 1.82) is 0 Å².